The van der Waals surface area contributed by atoms with E-state index in [-0.39, 0.29) is 6.61 Å². The molecule has 0 saturated carbocycles. The molecule has 4 heteroatoms. The molecule has 3 nitrogen and oxygen atoms in total. The molecule has 0 atom stereocenters. The third kappa shape index (κ3) is 2.78. The van der Waals surface area contributed by atoms with Crippen molar-refractivity contribution in [2.45, 2.75) is 39.2 Å². The van der Waals surface area contributed by atoms with Crippen molar-refractivity contribution in [1.82, 2.24) is 9.55 Å². The molecule has 1 aliphatic rings. The average Bonchev–Trinajstić information content (AvgIpc) is 2.51. The fourth-order valence-electron chi connectivity index (χ4n) is 3.03. The van der Waals surface area contributed by atoms with Crippen LogP contribution >= 0.6 is 12.2 Å². The van der Waals surface area contributed by atoms with Crippen molar-refractivity contribution in [2.75, 3.05) is 6.61 Å². The van der Waals surface area contributed by atoms with Gasteiger partial charge in [0.05, 0.1) is 6.61 Å². The molecule has 0 fully saturated rings. The van der Waals surface area contributed by atoms with Gasteiger partial charge in [0.15, 0.2) is 0 Å². The molecule has 0 spiro atoms. The topological polar surface area (TPSA) is 38.0 Å². The molecule has 1 aromatic carbocycles. The maximum Gasteiger partial charge on any atom is 0.141 e. The summed E-state index contributed by atoms with van der Waals surface area (Å²) in [5.74, 6) is 0.884. The quantitative estimate of drug-likeness (QED) is 0.882. The number of hydrogen-bond acceptors (Lipinski definition) is 3. The summed E-state index contributed by atoms with van der Waals surface area (Å²) in [7, 11) is 0. The van der Waals surface area contributed by atoms with Gasteiger partial charge in [-0.2, -0.15) is 0 Å². The van der Waals surface area contributed by atoms with Crippen molar-refractivity contribution in [3.8, 4) is 11.4 Å². The zero-order valence-electron chi connectivity index (χ0n) is 12.3. The second-order valence-corrected chi connectivity index (χ2v) is 6.00. The van der Waals surface area contributed by atoms with E-state index in [1.54, 1.807) is 0 Å². The van der Waals surface area contributed by atoms with Gasteiger partial charge in [-0.3, -0.25) is 0 Å². The van der Waals surface area contributed by atoms with Gasteiger partial charge in [-0.1, -0.05) is 42.0 Å². The lowest BCUT2D eigenvalue weighted by Crippen LogP contribution is -2.19. The highest BCUT2D eigenvalue weighted by atomic mass is 32.1. The van der Waals surface area contributed by atoms with Gasteiger partial charge in [-0.05, 0) is 32.6 Å². The van der Waals surface area contributed by atoms with E-state index in [1.165, 1.54) is 29.7 Å². The highest BCUT2D eigenvalue weighted by Gasteiger charge is 2.18. The molecule has 0 radical (unpaired) electrons. The van der Waals surface area contributed by atoms with E-state index in [0.29, 0.717) is 6.54 Å². The number of aliphatic hydroxyl groups is 1. The van der Waals surface area contributed by atoms with Crippen LogP contribution in [0.15, 0.2) is 24.3 Å². The minimum atomic E-state index is 0.119. The highest BCUT2D eigenvalue weighted by Crippen LogP contribution is 2.27. The summed E-state index contributed by atoms with van der Waals surface area (Å²) >= 11 is 5.51. The van der Waals surface area contributed by atoms with E-state index in [4.69, 9.17) is 12.2 Å². The van der Waals surface area contributed by atoms with Gasteiger partial charge in [0.1, 0.15) is 10.5 Å². The van der Waals surface area contributed by atoms with Gasteiger partial charge in [0, 0.05) is 23.4 Å². The number of aliphatic hydroxyl groups excluding tert-OH is 1. The fraction of sp³-hybridized carbons (Fsp3) is 0.412. The molecule has 0 bridgehead atoms. The first kappa shape index (κ1) is 14.4. The Morgan fingerprint density at radius 3 is 2.62 bits per heavy atom. The lowest BCUT2D eigenvalue weighted by atomic mass is 9.96. The number of hydrogen-bond donors (Lipinski definition) is 1. The lowest BCUT2D eigenvalue weighted by molar-refractivity contribution is 0.273. The minimum Gasteiger partial charge on any atom is -0.395 e. The van der Waals surface area contributed by atoms with E-state index in [0.717, 1.165) is 28.9 Å². The van der Waals surface area contributed by atoms with Gasteiger partial charge < -0.3 is 9.67 Å². The van der Waals surface area contributed by atoms with Crippen molar-refractivity contribution in [2.24, 2.45) is 0 Å². The van der Waals surface area contributed by atoms with Crippen LogP contribution in [0.5, 0.6) is 0 Å². The van der Waals surface area contributed by atoms with Crippen molar-refractivity contribution in [3.63, 3.8) is 0 Å². The predicted molar refractivity (Wildman–Crippen MR) is 87.0 cm³/mol. The van der Waals surface area contributed by atoms with Gasteiger partial charge in [0.2, 0.25) is 0 Å². The molecule has 1 N–H and O–H groups in total. The van der Waals surface area contributed by atoms with Crippen molar-refractivity contribution in [1.29, 1.82) is 0 Å². The van der Waals surface area contributed by atoms with Crippen LogP contribution < -0.4 is 0 Å². The van der Waals surface area contributed by atoms with E-state index in [1.807, 2.05) is 0 Å². The molecular formula is C17H20N2OS. The maximum absolute atomic E-state index is 9.43. The standard InChI is InChI=1S/C17H20N2OS/c1-12-6-8-13(9-7-12)16-18-17(21)14-4-2-3-5-15(14)19(16)10-11-20/h6-9,20H,2-5,10-11H2,1H3. The Kier molecular flexibility index (Phi) is 4.17. The van der Waals surface area contributed by atoms with E-state index >= 15 is 0 Å². The molecule has 0 saturated heterocycles. The molecule has 0 amide bonds. The first-order chi connectivity index (χ1) is 10.2. The van der Waals surface area contributed by atoms with Crippen molar-refractivity contribution in [3.05, 3.63) is 45.7 Å². The van der Waals surface area contributed by atoms with Gasteiger partial charge in [-0.25, -0.2) is 4.98 Å². The zero-order valence-corrected chi connectivity index (χ0v) is 13.1. The number of benzene rings is 1. The van der Waals surface area contributed by atoms with Gasteiger partial charge in [-0.15, -0.1) is 0 Å². The Morgan fingerprint density at radius 2 is 1.90 bits per heavy atom. The summed E-state index contributed by atoms with van der Waals surface area (Å²) in [6.07, 6.45) is 4.41. The largest absolute Gasteiger partial charge is 0.395 e. The molecule has 1 aromatic heterocycles. The zero-order chi connectivity index (χ0) is 14.8. The maximum atomic E-state index is 9.43. The van der Waals surface area contributed by atoms with Crippen LogP contribution in [0.2, 0.25) is 0 Å². The molecule has 110 valence electrons. The Bertz CT molecular complexity index is 704. The van der Waals surface area contributed by atoms with Gasteiger partial charge in [0.25, 0.3) is 0 Å². The number of aromatic nitrogens is 2. The summed E-state index contributed by atoms with van der Waals surface area (Å²) in [5.41, 5.74) is 4.77. The summed E-state index contributed by atoms with van der Waals surface area (Å²) in [6.45, 7) is 2.77. The van der Waals surface area contributed by atoms with E-state index in [2.05, 4.69) is 40.7 Å². The average molecular weight is 300 g/mol. The summed E-state index contributed by atoms with van der Waals surface area (Å²) < 4.78 is 2.89. The van der Waals surface area contributed by atoms with E-state index in [9.17, 15) is 5.11 Å². The molecule has 3 rings (SSSR count). The molecule has 21 heavy (non-hydrogen) atoms. The number of nitrogens with zero attached hydrogens (tertiary/aromatic N) is 2. The fourth-order valence-corrected chi connectivity index (χ4v) is 3.34. The lowest BCUT2D eigenvalue weighted by Gasteiger charge is -2.24. The summed E-state index contributed by atoms with van der Waals surface area (Å²) in [4.78, 5) is 4.67. The smallest absolute Gasteiger partial charge is 0.141 e. The molecular weight excluding hydrogens is 280 g/mol. The number of fused-ring (bicyclic) bond motifs is 1. The van der Waals surface area contributed by atoms with Crippen LogP contribution in [0.1, 0.15) is 29.7 Å². The van der Waals surface area contributed by atoms with Crippen molar-refractivity contribution >= 4 is 12.2 Å². The molecule has 1 heterocycles. The van der Waals surface area contributed by atoms with Crippen LogP contribution in [0, 0.1) is 11.6 Å². The van der Waals surface area contributed by atoms with Gasteiger partial charge >= 0.3 is 0 Å². The SMILES string of the molecule is Cc1ccc(-c2nc(=S)c3c(n2CCO)CCCC3)cc1. The summed E-state index contributed by atoms with van der Waals surface area (Å²) in [6, 6.07) is 8.33. The van der Waals surface area contributed by atoms with Crippen LogP contribution in [-0.4, -0.2) is 21.3 Å². The third-order valence-corrected chi connectivity index (χ3v) is 4.46. The Morgan fingerprint density at radius 1 is 1.19 bits per heavy atom. The normalized spacial score (nSPS) is 14.0. The molecule has 2 aromatic rings. The first-order valence-corrected chi connectivity index (χ1v) is 7.92. The summed E-state index contributed by atoms with van der Waals surface area (Å²) in [5, 5.41) is 9.43. The van der Waals surface area contributed by atoms with Crippen molar-refractivity contribution < 1.29 is 5.11 Å². The first-order valence-electron chi connectivity index (χ1n) is 7.51. The second-order valence-electron chi connectivity index (χ2n) is 5.61. The van der Waals surface area contributed by atoms with Crippen LogP contribution in [0.25, 0.3) is 11.4 Å². The van der Waals surface area contributed by atoms with E-state index < -0.39 is 0 Å². The predicted octanol–water partition coefficient (Wildman–Crippen LogP) is 3.46. The highest BCUT2D eigenvalue weighted by molar-refractivity contribution is 7.71. The van der Waals surface area contributed by atoms with Crippen LogP contribution in [0.4, 0.5) is 0 Å². The third-order valence-electron chi connectivity index (χ3n) is 4.12. The molecule has 1 aliphatic carbocycles. The van der Waals surface area contributed by atoms with Crippen LogP contribution in [-0.2, 0) is 19.4 Å². The molecule has 0 unspecified atom stereocenters. The number of aryl methyl sites for hydroxylation is 1. The minimum absolute atomic E-state index is 0.119. The second kappa shape index (κ2) is 6.08. The Labute approximate surface area is 130 Å². The van der Waals surface area contributed by atoms with Crippen LogP contribution in [0.3, 0.4) is 0 Å². The monoisotopic (exact) mass is 300 g/mol. The molecule has 0 aliphatic heterocycles. The Balaban J connectivity index is 2.21. The number of rotatable bonds is 3. The Hall–Kier alpha value is -1.52.